The minimum absolute atomic E-state index is 0.0820. The van der Waals surface area contributed by atoms with E-state index in [1.165, 1.54) is 0 Å². The fraction of sp³-hybridized carbons (Fsp3) is 0.833. The summed E-state index contributed by atoms with van der Waals surface area (Å²) >= 11 is 0. The van der Waals surface area contributed by atoms with Crippen LogP contribution in [0.15, 0.2) is 0 Å². The van der Waals surface area contributed by atoms with E-state index in [1.807, 2.05) is 6.92 Å². The predicted molar refractivity (Wildman–Crippen MR) is 71.7 cm³/mol. The number of Topliss-reactive ketones (excluding diaryl/α,β-unsaturated/α-hetero) is 1. The van der Waals surface area contributed by atoms with Crippen LogP contribution in [0.25, 0.3) is 5.53 Å². The van der Waals surface area contributed by atoms with Crippen molar-refractivity contribution in [2.45, 2.75) is 64.8 Å². The zero-order chi connectivity index (χ0) is 13.7. The largest absolute Gasteiger partial charge is 0.413 e. The predicted octanol–water partition coefficient (Wildman–Crippen LogP) is 3.05. The topological polar surface area (TPSA) is 62.7 Å². The summed E-state index contributed by atoms with van der Waals surface area (Å²) in [6.07, 6.45) is 1.93. The highest BCUT2D eigenvalue weighted by Gasteiger charge is 2.39. The first kappa shape index (κ1) is 16.2. The van der Waals surface area contributed by atoms with E-state index in [0.29, 0.717) is 0 Å². The summed E-state index contributed by atoms with van der Waals surface area (Å²) in [5, 5.41) is 0.133. The first-order valence-electron chi connectivity index (χ1n) is 6.02. The number of ketones is 1. The van der Waals surface area contributed by atoms with E-state index in [-0.39, 0.29) is 23.3 Å². The van der Waals surface area contributed by atoms with Gasteiger partial charge in [0.15, 0.2) is 8.32 Å². The van der Waals surface area contributed by atoms with Gasteiger partial charge >= 0.3 is 6.21 Å². The van der Waals surface area contributed by atoms with E-state index in [1.54, 1.807) is 0 Å². The van der Waals surface area contributed by atoms with Crippen molar-refractivity contribution in [1.29, 1.82) is 0 Å². The highest BCUT2D eigenvalue weighted by atomic mass is 28.4. The Morgan fingerprint density at radius 3 is 2.35 bits per heavy atom. The molecule has 0 aromatic carbocycles. The van der Waals surface area contributed by atoms with Gasteiger partial charge in [-0.15, -0.1) is 0 Å². The van der Waals surface area contributed by atoms with E-state index < -0.39 is 8.32 Å². The lowest BCUT2D eigenvalue weighted by atomic mass is 10.1. The van der Waals surface area contributed by atoms with Gasteiger partial charge in [-0.25, -0.2) is 0 Å². The third kappa shape index (κ3) is 5.39. The Morgan fingerprint density at radius 2 is 2.00 bits per heavy atom. The van der Waals surface area contributed by atoms with Crippen LogP contribution in [0.3, 0.4) is 0 Å². The SMILES string of the molecule is CC[C@H](CC(=O)C=[N+]=[N-])O[Si](C)(C)C(C)(C)C. The summed E-state index contributed by atoms with van der Waals surface area (Å²) in [5.41, 5.74) is 8.30. The van der Waals surface area contributed by atoms with E-state index in [2.05, 4.69) is 38.7 Å². The molecule has 5 heteroatoms. The van der Waals surface area contributed by atoms with Crippen LogP contribution in [0.5, 0.6) is 0 Å². The fourth-order valence-corrected chi connectivity index (χ4v) is 2.64. The van der Waals surface area contributed by atoms with Crippen molar-refractivity contribution in [3.8, 4) is 0 Å². The van der Waals surface area contributed by atoms with E-state index >= 15 is 0 Å². The number of carbonyl (C=O) groups excluding carboxylic acids is 1. The van der Waals surface area contributed by atoms with E-state index in [0.717, 1.165) is 12.6 Å². The Bertz CT molecular complexity index is 315. The average molecular weight is 256 g/mol. The molecule has 0 spiro atoms. The molecular weight excluding hydrogens is 232 g/mol. The zero-order valence-corrected chi connectivity index (χ0v) is 12.8. The molecule has 0 aromatic heterocycles. The van der Waals surface area contributed by atoms with Crippen LogP contribution < -0.4 is 0 Å². The molecule has 0 saturated heterocycles. The van der Waals surface area contributed by atoms with E-state index in [4.69, 9.17) is 9.96 Å². The Labute approximate surface area is 105 Å². The minimum atomic E-state index is -1.84. The van der Waals surface area contributed by atoms with Crippen molar-refractivity contribution in [1.82, 2.24) is 0 Å². The molecule has 0 unspecified atom stereocenters. The molecule has 0 aromatic rings. The van der Waals surface area contributed by atoms with Gasteiger partial charge in [0.05, 0.1) is 6.10 Å². The maximum absolute atomic E-state index is 11.4. The van der Waals surface area contributed by atoms with Gasteiger partial charge in [0.2, 0.25) is 5.78 Å². The fourth-order valence-electron chi connectivity index (χ4n) is 1.20. The molecule has 1 atom stereocenters. The van der Waals surface area contributed by atoms with Crippen LogP contribution in [-0.2, 0) is 9.22 Å². The summed E-state index contributed by atoms with van der Waals surface area (Å²) in [5.74, 6) is -0.196. The zero-order valence-electron chi connectivity index (χ0n) is 11.8. The summed E-state index contributed by atoms with van der Waals surface area (Å²) in [7, 11) is -1.84. The van der Waals surface area contributed by atoms with Crippen molar-refractivity contribution < 1.29 is 14.0 Å². The molecule has 0 fully saturated rings. The minimum Gasteiger partial charge on any atom is -0.413 e. The van der Waals surface area contributed by atoms with Crippen LogP contribution in [-0.4, -0.2) is 31.2 Å². The third-order valence-electron chi connectivity index (χ3n) is 3.35. The van der Waals surface area contributed by atoms with Crippen LogP contribution in [0.2, 0.25) is 18.1 Å². The normalized spacial score (nSPS) is 14.0. The lowest BCUT2D eigenvalue weighted by Crippen LogP contribution is -2.44. The molecular formula is C12H24N2O2Si. The molecule has 0 radical (unpaired) electrons. The molecule has 17 heavy (non-hydrogen) atoms. The smallest absolute Gasteiger partial charge is 0.323 e. The molecule has 0 heterocycles. The van der Waals surface area contributed by atoms with Crippen molar-refractivity contribution in [2.75, 3.05) is 0 Å². The van der Waals surface area contributed by atoms with Crippen molar-refractivity contribution in [3.05, 3.63) is 5.53 Å². The number of hydrogen-bond acceptors (Lipinski definition) is 2. The van der Waals surface area contributed by atoms with Gasteiger partial charge in [0, 0.05) is 6.42 Å². The Morgan fingerprint density at radius 1 is 1.47 bits per heavy atom. The molecule has 0 rings (SSSR count). The highest BCUT2D eigenvalue weighted by Crippen LogP contribution is 2.37. The lowest BCUT2D eigenvalue weighted by Gasteiger charge is -2.38. The van der Waals surface area contributed by atoms with Gasteiger partial charge in [0.1, 0.15) is 0 Å². The monoisotopic (exact) mass is 256 g/mol. The quantitative estimate of drug-likeness (QED) is 0.317. The van der Waals surface area contributed by atoms with Gasteiger partial charge in [-0.2, -0.15) is 4.79 Å². The molecule has 0 bridgehead atoms. The van der Waals surface area contributed by atoms with Gasteiger partial charge in [0.25, 0.3) is 0 Å². The molecule has 0 aliphatic rings. The number of hydrogen-bond donors (Lipinski definition) is 0. The van der Waals surface area contributed by atoms with E-state index in [9.17, 15) is 4.79 Å². The van der Waals surface area contributed by atoms with Crippen LogP contribution in [0, 0.1) is 0 Å². The number of rotatable bonds is 6. The maximum Gasteiger partial charge on any atom is 0.323 e. The van der Waals surface area contributed by atoms with Gasteiger partial charge in [-0.1, -0.05) is 27.7 Å². The van der Waals surface area contributed by atoms with Gasteiger partial charge in [-0.3, -0.25) is 4.79 Å². The molecule has 4 nitrogen and oxygen atoms in total. The van der Waals surface area contributed by atoms with Crippen LogP contribution in [0.4, 0.5) is 0 Å². The summed E-state index contributed by atoms with van der Waals surface area (Å²) < 4.78 is 6.14. The summed E-state index contributed by atoms with van der Waals surface area (Å²) in [6.45, 7) is 12.8. The first-order valence-corrected chi connectivity index (χ1v) is 8.93. The first-order chi connectivity index (χ1) is 7.64. The molecule has 0 aliphatic carbocycles. The molecule has 0 saturated carbocycles. The standard InChI is InChI=1S/C12H24N2O2Si/c1-7-11(8-10(15)9-14-13)16-17(5,6)12(2,3)4/h9,11H,7-8H2,1-6H3/t11-/m1/s1. The second kappa shape index (κ2) is 6.24. The molecule has 0 N–H and O–H groups in total. The molecule has 0 amide bonds. The van der Waals surface area contributed by atoms with Crippen LogP contribution >= 0.6 is 0 Å². The summed E-state index contributed by atoms with van der Waals surface area (Å²) in [6, 6.07) is 0. The van der Waals surface area contributed by atoms with Crippen LogP contribution in [0.1, 0.15) is 40.5 Å². The maximum atomic E-state index is 11.4. The average Bonchev–Trinajstić information content (AvgIpc) is 2.14. The van der Waals surface area contributed by atoms with Crippen molar-refractivity contribution in [3.63, 3.8) is 0 Å². The number of carbonyl (C=O) groups is 1. The van der Waals surface area contributed by atoms with Crippen molar-refractivity contribution >= 4 is 20.3 Å². The van der Waals surface area contributed by atoms with Gasteiger partial charge < -0.3 is 9.96 Å². The second-order valence-electron chi connectivity index (χ2n) is 5.82. The molecule has 98 valence electrons. The van der Waals surface area contributed by atoms with Gasteiger partial charge in [-0.05, 0) is 24.6 Å². The Balaban J connectivity index is 4.61. The summed E-state index contributed by atoms with van der Waals surface area (Å²) in [4.78, 5) is 14.1. The third-order valence-corrected chi connectivity index (χ3v) is 7.89. The second-order valence-corrected chi connectivity index (χ2v) is 10.6. The highest BCUT2D eigenvalue weighted by molar-refractivity contribution is 6.74. The number of nitrogens with zero attached hydrogens (tertiary/aromatic N) is 2. The Hall–Kier alpha value is -0.773. The lowest BCUT2D eigenvalue weighted by molar-refractivity contribution is -0.117. The molecule has 0 aliphatic heterocycles. The van der Waals surface area contributed by atoms with Crippen molar-refractivity contribution in [2.24, 2.45) is 0 Å². The Kier molecular flexibility index (Phi) is 5.95.